The summed E-state index contributed by atoms with van der Waals surface area (Å²) in [6.45, 7) is 4.39. The van der Waals surface area contributed by atoms with Crippen molar-refractivity contribution in [2.45, 2.75) is 37.9 Å². The highest BCUT2D eigenvalue weighted by Crippen LogP contribution is 2.26. The number of aromatic nitrogens is 2. The summed E-state index contributed by atoms with van der Waals surface area (Å²) in [6, 6.07) is 8.02. The third-order valence-electron chi connectivity index (χ3n) is 4.88. The Kier molecular flexibility index (Phi) is 7.97. The maximum atomic E-state index is 13.2. The predicted molar refractivity (Wildman–Crippen MR) is 120 cm³/mol. The third-order valence-corrected chi connectivity index (χ3v) is 6.26. The second-order valence-electron chi connectivity index (χ2n) is 7.09. The number of guanidine groups is 1. The van der Waals surface area contributed by atoms with Gasteiger partial charge in [-0.3, -0.25) is 4.99 Å². The number of aryl methyl sites for hydroxylation is 1. The molecule has 160 valence electrons. The van der Waals surface area contributed by atoms with E-state index in [4.69, 9.17) is 5.73 Å². The molecule has 0 bridgehead atoms. The summed E-state index contributed by atoms with van der Waals surface area (Å²) < 4.78 is 14.7. The van der Waals surface area contributed by atoms with Crippen LogP contribution in [0.15, 0.2) is 29.3 Å². The molecule has 7 nitrogen and oxygen atoms in total. The first-order valence-corrected chi connectivity index (χ1v) is 11.3. The van der Waals surface area contributed by atoms with Crippen LogP contribution in [-0.4, -0.2) is 46.4 Å². The van der Waals surface area contributed by atoms with Crippen LogP contribution < -0.4 is 16.4 Å². The lowest BCUT2D eigenvalue weighted by molar-refractivity contribution is 0.627. The summed E-state index contributed by atoms with van der Waals surface area (Å²) in [5.74, 6) is 2.00. The van der Waals surface area contributed by atoms with Crippen LogP contribution in [0.3, 0.4) is 0 Å². The molecule has 1 aliphatic rings. The zero-order chi connectivity index (χ0) is 21.3. The lowest BCUT2D eigenvalue weighted by Crippen LogP contribution is -2.38. The number of anilines is 1. The molecular weight excluding hydrogens is 401 g/mol. The van der Waals surface area contributed by atoms with Crippen LogP contribution >= 0.6 is 11.8 Å². The molecule has 2 aromatic rings. The molecule has 0 aliphatic carbocycles. The van der Waals surface area contributed by atoms with Gasteiger partial charge in [-0.1, -0.05) is 0 Å². The second-order valence-corrected chi connectivity index (χ2v) is 8.50. The number of nitrogen functional groups attached to an aromatic ring is 1. The van der Waals surface area contributed by atoms with Gasteiger partial charge in [0.2, 0.25) is 0 Å². The Hall–Kier alpha value is -2.73. The summed E-state index contributed by atoms with van der Waals surface area (Å²) in [6.07, 6.45) is 3.90. The Morgan fingerprint density at radius 1 is 1.40 bits per heavy atom. The second kappa shape index (κ2) is 10.9. The Bertz CT molecular complexity index is 895. The van der Waals surface area contributed by atoms with E-state index >= 15 is 0 Å². The molecule has 0 amide bonds. The van der Waals surface area contributed by atoms with Crippen molar-refractivity contribution in [1.29, 1.82) is 5.26 Å². The largest absolute Gasteiger partial charge is 0.382 e. The van der Waals surface area contributed by atoms with Gasteiger partial charge in [0.15, 0.2) is 5.96 Å². The predicted octanol–water partition coefficient (Wildman–Crippen LogP) is 2.85. The van der Waals surface area contributed by atoms with Crippen molar-refractivity contribution in [2.24, 2.45) is 4.99 Å². The lowest BCUT2D eigenvalue weighted by Gasteiger charge is -2.12. The maximum Gasteiger partial charge on any atom is 0.191 e. The Balaban J connectivity index is 1.58. The molecule has 3 rings (SSSR count). The Morgan fingerprint density at radius 2 is 2.20 bits per heavy atom. The molecule has 30 heavy (non-hydrogen) atoms. The average molecular weight is 430 g/mol. The highest BCUT2D eigenvalue weighted by Gasteiger charge is 2.17. The fourth-order valence-corrected chi connectivity index (χ4v) is 4.52. The normalized spacial score (nSPS) is 16.4. The van der Waals surface area contributed by atoms with Gasteiger partial charge in [-0.15, -0.1) is 0 Å². The highest BCUT2D eigenvalue weighted by atomic mass is 32.2. The number of aliphatic imine (C=N–C) groups is 1. The molecular formula is C21H28FN7S. The molecule has 1 atom stereocenters. The molecule has 0 saturated carbocycles. The van der Waals surface area contributed by atoms with E-state index in [1.807, 2.05) is 18.7 Å². The topological polar surface area (TPSA) is 104 Å². The smallest absolute Gasteiger partial charge is 0.191 e. The minimum absolute atomic E-state index is 0.274. The summed E-state index contributed by atoms with van der Waals surface area (Å²) in [5.41, 5.74) is 7.76. The lowest BCUT2D eigenvalue weighted by atomic mass is 10.1. The first-order valence-electron chi connectivity index (χ1n) is 10.3. The van der Waals surface area contributed by atoms with E-state index in [-0.39, 0.29) is 11.6 Å². The van der Waals surface area contributed by atoms with Crippen molar-refractivity contribution in [3.8, 4) is 11.8 Å². The molecule has 1 unspecified atom stereocenters. The van der Waals surface area contributed by atoms with E-state index in [1.54, 1.807) is 12.1 Å². The van der Waals surface area contributed by atoms with Gasteiger partial charge in [-0.05, 0) is 62.6 Å². The van der Waals surface area contributed by atoms with Crippen molar-refractivity contribution in [2.75, 3.05) is 31.1 Å². The van der Waals surface area contributed by atoms with E-state index in [0.717, 1.165) is 25.5 Å². The Morgan fingerprint density at radius 3 is 2.87 bits per heavy atom. The van der Waals surface area contributed by atoms with E-state index in [1.165, 1.54) is 35.4 Å². The number of thioether (sulfide) groups is 1. The number of benzene rings is 1. The fourth-order valence-electron chi connectivity index (χ4n) is 3.34. The van der Waals surface area contributed by atoms with Crippen LogP contribution in [0.5, 0.6) is 0 Å². The zero-order valence-corrected chi connectivity index (χ0v) is 18.0. The van der Waals surface area contributed by atoms with Crippen LogP contribution in [0, 0.1) is 17.1 Å². The summed E-state index contributed by atoms with van der Waals surface area (Å²) in [7, 11) is 0. The van der Waals surface area contributed by atoms with Gasteiger partial charge in [0.05, 0.1) is 17.9 Å². The number of nitrogens with one attached hydrogen (secondary N) is 2. The number of hydrogen-bond donors (Lipinski definition) is 3. The van der Waals surface area contributed by atoms with Gasteiger partial charge >= 0.3 is 0 Å². The van der Waals surface area contributed by atoms with Crippen molar-refractivity contribution in [3.63, 3.8) is 0 Å². The summed E-state index contributed by atoms with van der Waals surface area (Å²) in [5, 5.41) is 21.2. The third kappa shape index (κ3) is 5.66. The van der Waals surface area contributed by atoms with Crippen molar-refractivity contribution in [3.05, 3.63) is 41.3 Å². The first kappa shape index (κ1) is 22.0. The van der Waals surface area contributed by atoms with Crippen molar-refractivity contribution in [1.82, 2.24) is 20.4 Å². The molecule has 1 aromatic carbocycles. The first-order chi connectivity index (χ1) is 14.6. The van der Waals surface area contributed by atoms with E-state index in [0.29, 0.717) is 35.2 Å². The van der Waals surface area contributed by atoms with Gasteiger partial charge < -0.3 is 16.4 Å². The SMILES string of the molecule is CCNC(=NCC1CCCS1)NCCCc1nn(-c2ccc(F)cc2)c(N)c1C#N. The molecule has 0 radical (unpaired) electrons. The minimum Gasteiger partial charge on any atom is -0.382 e. The quantitative estimate of drug-likeness (QED) is 0.339. The molecule has 2 heterocycles. The molecule has 1 saturated heterocycles. The Labute approximate surface area is 180 Å². The number of nitrogens with two attached hydrogens (primary N) is 1. The van der Waals surface area contributed by atoms with Crippen LogP contribution in [0.4, 0.5) is 10.2 Å². The monoisotopic (exact) mass is 429 g/mol. The van der Waals surface area contributed by atoms with Crippen molar-refractivity contribution < 1.29 is 4.39 Å². The number of nitrogens with zero attached hydrogens (tertiary/aromatic N) is 4. The van der Waals surface area contributed by atoms with Crippen molar-refractivity contribution >= 4 is 23.5 Å². The number of hydrogen-bond acceptors (Lipinski definition) is 5. The summed E-state index contributed by atoms with van der Waals surface area (Å²) in [4.78, 5) is 4.69. The average Bonchev–Trinajstić information content (AvgIpc) is 3.37. The van der Waals surface area contributed by atoms with Crippen LogP contribution in [0.1, 0.15) is 37.4 Å². The number of rotatable bonds is 8. The molecule has 1 aromatic heterocycles. The van der Waals surface area contributed by atoms with Crippen LogP contribution in [-0.2, 0) is 6.42 Å². The maximum absolute atomic E-state index is 13.2. The van der Waals surface area contributed by atoms with Crippen LogP contribution in [0.25, 0.3) is 5.69 Å². The van der Waals surface area contributed by atoms with Gasteiger partial charge in [-0.2, -0.15) is 22.1 Å². The standard InChI is InChI=1S/C21H28FN7S/c1-2-25-21(27-14-17-5-4-12-30-17)26-11-3-6-19-18(13-23)20(24)29(28-19)16-9-7-15(22)8-10-16/h7-10,17H,2-6,11-12,14,24H2,1H3,(H2,25,26,27). The zero-order valence-electron chi connectivity index (χ0n) is 17.2. The molecule has 1 fully saturated rings. The fraction of sp³-hybridized carbons (Fsp3) is 0.476. The minimum atomic E-state index is -0.332. The van der Waals surface area contributed by atoms with Gasteiger partial charge in [0.25, 0.3) is 0 Å². The molecule has 0 spiro atoms. The van der Waals surface area contributed by atoms with E-state index in [2.05, 4.69) is 26.8 Å². The van der Waals surface area contributed by atoms with E-state index in [9.17, 15) is 9.65 Å². The number of nitriles is 1. The van der Waals surface area contributed by atoms with Gasteiger partial charge in [0.1, 0.15) is 23.3 Å². The molecule has 4 N–H and O–H groups in total. The van der Waals surface area contributed by atoms with Gasteiger partial charge in [0, 0.05) is 18.3 Å². The molecule has 9 heteroatoms. The van der Waals surface area contributed by atoms with Crippen LogP contribution in [0.2, 0.25) is 0 Å². The molecule has 1 aliphatic heterocycles. The van der Waals surface area contributed by atoms with Gasteiger partial charge in [-0.25, -0.2) is 9.07 Å². The highest BCUT2D eigenvalue weighted by molar-refractivity contribution is 8.00. The number of halogens is 1. The van der Waals surface area contributed by atoms with E-state index < -0.39 is 0 Å². The summed E-state index contributed by atoms with van der Waals surface area (Å²) >= 11 is 2.00.